The third-order valence-corrected chi connectivity index (χ3v) is 6.42. The van der Waals surface area contributed by atoms with Crippen LogP contribution in [0.25, 0.3) is 0 Å². The minimum atomic E-state index is 0.473. The van der Waals surface area contributed by atoms with E-state index in [0.29, 0.717) is 11.8 Å². The molecule has 0 heterocycles. The maximum absolute atomic E-state index is 3.74. The average molecular weight is 489 g/mol. The van der Waals surface area contributed by atoms with Crippen molar-refractivity contribution in [1.82, 2.24) is 0 Å². The molecule has 2 aromatic rings. The highest BCUT2D eigenvalue weighted by Gasteiger charge is 1.98. The first-order chi connectivity index (χ1) is 17.6. The van der Waals surface area contributed by atoms with E-state index in [1.165, 1.54) is 88.2 Å². The Morgan fingerprint density at radius 1 is 0.583 bits per heavy atom. The van der Waals surface area contributed by atoms with Gasteiger partial charge in [0.15, 0.2) is 0 Å². The fraction of sp³-hybridized carbons (Fsp3) is 0.500. The van der Waals surface area contributed by atoms with Crippen LogP contribution in [0.2, 0.25) is 0 Å². The molecule has 0 bridgehead atoms. The molecule has 0 spiro atoms. The average Bonchev–Trinajstić information content (AvgIpc) is 2.93. The van der Waals surface area contributed by atoms with Crippen molar-refractivity contribution in [2.45, 2.75) is 117 Å². The van der Waals surface area contributed by atoms with Crippen molar-refractivity contribution in [2.75, 3.05) is 0 Å². The Bertz CT molecular complexity index is 740. The van der Waals surface area contributed by atoms with Crippen molar-refractivity contribution in [3.05, 3.63) is 109 Å². The molecule has 0 aliphatic heterocycles. The maximum atomic E-state index is 3.74. The second kappa shape index (κ2) is 25.7. The van der Waals surface area contributed by atoms with Crippen LogP contribution >= 0.6 is 0 Å². The lowest BCUT2D eigenvalue weighted by atomic mass is 10.0. The number of hydrogen-bond donors (Lipinski definition) is 0. The minimum absolute atomic E-state index is 0.473. The van der Waals surface area contributed by atoms with Gasteiger partial charge >= 0.3 is 0 Å². The topological polar surface area (TPSA) is 0 Å². The molecule has 0 nitrogen and oxygen atoms in total. The van der Waals surface area contributed by atoms with Gasteiger partial charge in [0, 0.05) is 0 Å². The zero-order valence-corrected chi connectivity index (χ0v) is 24.1. The molecule has 2 rings (SSSR count). The quantitative estimate of drug-likeness (QED) is 0.163. The molecular formula is C36H56. The SMILES string of the molecule is C=CC(C)c1ccccc1.C=CCCCCCCC.CCCCCCC/C=C/C(C)c1ccccc1. The van der Waals surface area contributed by atoms with E-state index in [1.807, 2.05) is 18.2 Å². The van der Waals surface area contributed by atoms with Crippen molar-refractivity contribution in [2.24, 2.45) is 0 Å². The molecule has 2 unspecified atom stereocenters. The summed E-state index contributed by atoms with van der Waals surface area (Å²) in [6.07, 6.45) is 24.8. The first kappa shape index (κ1) is 33.7. The third-order valence-electron chi connectivity index (χ3n) is 6.42. The first-order valence-electron chi connectivity index (χ1n) is 14.6. The monoisotopic (exact) mass is 488 g/mol. The van der Waals surface area contributed by atoms with Crippen molar-refractivity contribution in [1.29, 1.82) is 0 Å². The van der Waals surface area contributed by atoms with Gasteiger partial charge in [-0.15, -0.1) is 13.2 Å². The molecule has 200 valence electrons. The first-order valence-corrected chi connectivity index (χ1v) is 14.6. The van der Waals surface area contributed by atoms with Gasteiger partial charge in [0.05, 0.1) is 0 Å². The van der Waals surface area contributed by atoms with Crippen molar-refractivity contribution >= 4 is 0 Å². The highest BCUT2D eigenvalue weighted by Crippen LogP contribution is 2.17. The van der Waals surface area contributed by atoms with E-state index >= 15 is 0 Å². The molecule has 2 atom stereocenters. The summed E-state index contributed by atoms with van der Waals surface area (Å²) in [6.45, 7) is 16.3. The van der Waals surface area contributed by atoms with E-state index in [9.17, 15) is 0 Å². The lowest BCUT2D eigenvalue weighted by Crippen LogP contribution is -1.87. The Balaban J connectivity index is 0.000000551. The van der Waals surface area contributed by atoms with Gasteiger partial charge in [-0.25, -0.2) is 0 Å². The number of hydrogen-bond acceptors (Lipinski definition) is 0. The Kier molecular flexibility index (Phi) is 24.1. The van der Waals surface area contributed by atoms with Crippen LogP contribution in [-0.4, -0.2) is 0 Å². The van der Waals surface area contributed by atoms with Crippen LogP contribution in [0.15, 0.2) is 98.1 Å². The molecule has 36 heavy (non-hydrogen) atoms. The normalized spacial score (nSPS) is 12.0. The second-order valence-corrected chi connectivity index (χ2v) is 9.76. The van der Waals surface area contributed by atoms with E-state index in [2.05, 4.69) is 108 Å². The van der Waals surface area contributed by atoms with Crippen LogP contribution in [0, 0.1) is 0 Å². The molecule has 0 saturated carbocycles. The van der Waals surface area contributed by atoms with E-state index in [4.69, 9.17) is 0 Å². The second-order valence-electron chi connectivity index (χ2n) is 9.76. The largest absolute Gasteiger partial charge is 0.103 e. The lowest BCUT2D eigenvalue weighted by molar-refractivity contribution is 0.637. The van der Waals surface area contributed by atoms with Gasteiger partial charge in [-0.05, 0) is 48.6 Å². The van der Waals surface area contributed by atoms with Crippen LogP contribution in [-0.2, 0) is 0 Å². The Morgan fingerprint density at radius 3 is 1.47 bits per heavy atom. The number of benzene rings is 2. The molecule has 0 aromatic heterocycles. The standard InChI is InChI=1S/C17H26.C10H12.C9H18/c1-3-4-5-6-7-8-10-13-16(2)17-14-11-9-12-15-17;1-3-9(2)10-7-5-4-6-8-10;1-3-5-7-9-8-6-4-2/h9-16H,3-8H2,1-2H3;3-9H,1H2,2H3;3H,1,4-9H2,2H3/b13-10+;;. The molecule has 0 amide bonds. The Morgan fingerprint density at radius 2 is 1.03 bits per heavy atom. The summed E-state index contributed by atoms with van der Waals surface area (Å²) in [6, 6.07) is 21.1. The van der Waals surface area contributed by atoms with Crippen molar-refractivity contribution in [3.63, 3.8) is 0 Å². The van der Waals surface area contributed by atoms with E-state index in [1.54, 1.807) is 0 Å². The van der Waals surface area contributed by atoms with Gasteiger partial charge in [-0.3, -0.25) is 0 Å². The molecule has 0 radical (unpaired) electrons. The van der Waals surface area contributed by atoms with Crippen LogP contribution in [0.3, 0.4) is 0 Å². The minimum Gasteiger partial charge on any atom is -0.103 e. The van der Waals surface area contributed by atoms with Crippen LogP contribution in [0.1, 0.15) is 128 Å². The zero-order chi connectivity index (χ0) is 26.7. The summed E-state index contributed by atoms with van der Waals surface area (Å²) >= 11 is 0. The predicted octanol–water partition coefficient (Wildman–Crippen LogP) is 12.2. The van der Waals surface area contributed by atoms with Gasteiger partial charge in [-0.2, -0.15) is 0 Å². The number of allylic oxidation sites excluding steroid dienone is 4. The summed E-state index contributed by atoms with van der Waals surface area (Å²) in [5.41, 5.74) is 2.74. The summed E-state index contributed by atoms with van der Waals surface area (Å²) < 4.78 is 0. The third kappa shape index (κ3) is 19.9. The number of unbranched alkanes of at least 4 members (excludes halogenated alkanes) is 10. The van der Waals surface area contributed by atoms with Crippen molar-refractivity contribution < 1.29 is 0 Å². The molecule has 0 aliphatic carbocycles. The van der Waals surface area contributed by atoms with Gasteiger partial charge < -0.3 is 0 Å². The van der Waals surface area contributed by atoms with Gasteiger partial charge in [0.25, 0.3) is 0 Å². The van der Waals surface area contributed by atoms with Gasteiger partial charge in [-0.1, -0.05) is 164 Å². The summed E-state index contributed by atoms with van der Waals surface area (Å²) in [7, 11) is 0. The van der Waals surface area contributed by atoms with Crippen LogP contribution < -0.4 is 0 Å². The summed E-state index contributed by atoms with van der Waals surface area (Å²) in [5.74, 6) is 1.02. The van der Waals surface area contributed by atoms with Gasteiger partial charge in [0.1, 0.15) is 0 Å². The van der Waals surface area contributed by atoms with E-state index < -0.39 is 0 Å². The van der Waals surface area contributed by atoms with E-state index in [0.717, 1.165) is 0 Å². The van der Waals surface area contributed by atoms with Crippen LogP contribution in [0.5, 0.6) is 0 Å². The lowest BCUT2D eigenvalue weighted by Gasteiger charge is -2.05. The van der Waals surface area contributed by atoms with Crippen LogP contribution in [0.4, 0.5) is 0 Å². The molecule has 0 N–H and O–H groups in total. The Labute approximate surface area is 225 Å². The van der Waals surface area contributed by atoms with Gasteiger partial charge in [0.2, 0.25) is 0 Å². The molecule has 2 aromatic carbocycles. The fourth-order valence-electron chi connectivity index (χ4n) is 3.82. The van der Waals surface area contributed by atoms with E-state index in [-0.39, 0.29) is 0 Å². The molecular weight excluding hydrogens is 432 g/mol. The Hall–Kier alpha value is -2.34. The molecule has 0 aliphatic rings. The zero-order valence-electron chi connectivity index (χ0n) is 24.1. The fourth-order valence-corrected chi connectivity index (χ4v) is 3.82. The maximum Gasteiger partial charge on any atom is -0.00104 e. The smallest absolute Gasteiger partial charge is 0.00104 e. The summed E-state index contributed by atoms with van der Waals surface area (Å²) in [5, 5.41) is 0. The predicted molar refractivity (Wildman–Crippen MR) is 166 cm³/mol. The summed E-state index contributed by atoms with van der Waals surface area (Å²) in [4.78, 5) is 0. The molecule has 0 fully saturated rings. The molecule has 0 heteroatoms. The molecule has 0 saturated heterocycles. The highest BCUT2D eigenvalue weighted by molar-refractivity contribution is 5.23. The number of rotatable bonds is 16. The highest BCUT2D eigenvalue weighted by atomic mass is 14.0. The van der Waals surface area contributed by atoms with Crippen molar-refractivity contribution in [3.8, 4) is 0 Å².